The molecule has 0 fully saturated rings. The maximum absolute atomic E-state index is 13.3. The molecule has 0 spiro atoms. The van der Waals surface area contributed by atoms with E-state index in [4.69, 9.17) is 9.47 Å². The quantitative estimate of drug-likeness (QED) is 0.615. The number of hydrogen-bond acceptors (Lipinski definition) is 3. The lowest BCUT2D eigenvalue weighted by molar-refractivity contribution is -0.137. The molecular weight excluding hydrogens is 383 g/mol. The maximum Gasteiger partial charge on any atom is 0.417 e. The molecule has 0 aliphatic heterocycles. The summed E-state index contributed by atoms with van der Waals surface area (Å²) in [6, 6.07) is 9.55. The zero-order valence-electron chi connectivity index (χ0n) is 17.0. The largest absolute Gasteiger partial charge is 0.490 e. The van der Waals surface area contributed by atoms with Gasteiger partial charge in [0, 0.05) is 0 Å². The number of halogens is 3. The summed E-state index contributed by atoms with van der Waals surface area (Å²) in [6.07, 6.45) is -4.61. The predicted octanol–water partition coefficient (Wildman–Crippen LogP) is 5.63. The molecule has 0 saturated carbocycles. The van der Waals surface area contributed by atoms with Gasteiger partial charge >= 0.3 is 6.18 Å². The van der Waals surface area contributed by atoms with Crippen LogP contribution in [0.15, 0.2) is 42.5 Å². The minimum absolute atomic E-state index is 0.0654. The van der Waals surface area contributed by atoms with E-state index in [1.54, 1.807) is 18.2 Å². The van der Waals surface area contributed by atoms with E-state index in [1.807, 2.05) is 27.7 Å². The Bertz CT molecular complexity index is 834. The van der Waals surface area contributed by atoms with E-state index in [0.717, 1.165) is 11.6 Å². The van der Waals surface area contributed by atoms with E-state index in [9.17, 15) is 18.0 Å². The van der Waals surface area contributed by atoms with E-state index < -0.39 is 29.3 Å². The number of carbonyl (C=O) groups excluding carboxylic acids is 1. The van der Waals surface area contributed by atoms with Crippen molar-refractivity contribution >= 4 is 5.91 Å². The van der Waals surface area contributed by atoms with Crippen molar-refractivity contribution < 1.29 is 27.4 Å². The predicted molar refractivity (Wildman–Crippen MR) is 105 cm³/mol. The van der Waals surface area contributed by atoms with Crippen molar-refractivity contribution in [3.05, 3.63) is 59.2 Å². The number of alkyl halides is 3. The standard InChI is InChI=1S/C22H26F3NO3/c1-5-28-18-12-11-15(13-19(18)29-6-2)20(14(3)4)26-21(27)16-9-7-8-10-17(16)22(23,24)25/h7-14,20H,5-6H2,1-4H3,(H,26,27). The first-order valence-electron chi connectivity index (χ1n) is 9.55. The van der Waals surface area contributed by atoms with Crippen molar-refractivity contribution in [2.24, 2.45) is 5.92 Å². The third-order valence-electron chi connectivity index (χ3n) is 4.36. The molecule has 0 radical (unpaired) electrons. The first-order valence-corrected chi connectivity index (χ1v) is 9.55. The van der Waals surface area contributed by atoms with Gasteiger partial charge in [-0.3, -0.25) is 4.79 Å². The second kappa shape index (κ2) is 9.67. The molecular formula is C22H26F3NO3. The molecule has 1 N–H and O–H groups in total. The number of amides is 1. The minimum Gasteiger partial charge on any atom is -0.490 e. The summed E-state index contributed by atoms with van der Waals surface area (Å²) < 4.78 is 51.0. The third kappa shape index (κ3) is 5.65. The molecule has 4 nitrogen and oxygen atoms in total. The molecule has 0 aliphatic rings. The van der Waals surface area contributed by atoms with Gasteiger partial charge in [0.05, 0.1) is 30.4 Å². The molecule has 0 heterocycles. The number of hydrogen-bond donors (Lipinski definition) is 1. The summed E-state index contributed by atoms with van der Waals surface area (Å²) in [5, 5.41) is 2.75. The summed E-state index contributed by atoms with van der Waals surface area (Å²) in [6.45, 7) is 8.38. The van der Waals surface area contributed by atoms with Crippen molar-refractivity contribution in [2.75, 3.05) is 13.2 Å². The molecule has 29 heavy (non-hydrogen) atoms. The van der Waals surface area contributed by atoms with Crippen molar-refractivity contribution in [1.29, 1.82) is 0 Å². The summed E-state index contributed by atoms with van der Waals surface area (Å²) in [4.78, 5) is 12.7. The van der Waals surface area contributed by atoms with Crippen LogP contribution in [0.4, 0.5) is 13.2 Å². The van der Waals surface area contributed by atoms with Crippen molar-refractivity contribution in [1.82, 2.24) is 5.32 Å². The number of ether oxygens (including phenoxy) is 2. The molecule has 2 rings (SSSR count). The fraction of sp³-hybridized carbons (Fsp3) is 0.409. The number of carbonyl (C=O) groups is 1. The van der Waals surface area contributed by atoms with Gasteiger partial charge in [-0.15, -0.1) is 0 Å². The molecule has 0 saturated heterocycles. The van der Waals surface area contributed by atoms with E-state index in [1.165, 1.54) is 18.2 Å². The van der Waals surface area contributed by atoms with Gasteiger partial charge in [-0.2, -0.15) is 13.2 Å². The second-order valence-electron chi connectivity index (χ2n) is 6.81. The average Bonchev–Trinajstić information content (AvgIpc) is 2.67. The minimum atomic E-state index is -4.61. The number of nitrogens with one attached hydrogen (secondary N) is 1. The van der Waals surface area contributed by atoms with Crippen LogP contribution in [0.1, 0.15) is 55.2 Å². The Morgan fingerprint density at radius 3 is 2.21 bits per heavy atom. The summed E-state index contributed by atoms with van der Waals surface area (Å²) in [5.41, 5.74) is -0.631. The fourth-order valence-electron chi connectivity index (χ4n) is 3.04. The first kappa shape index (κ1) is 22.6. The Kier molecular flexibility index (Phi) is 7.53. The summed E-state index contributed by atoms with van der Waals surface area (Å²) in [5.74, 6) is 0.268. The van der Waals surface area contributed by atoms with Crippen LogP contribution in [0.25, 0.3) is 0 Å². The highest BCUT2D eigenvalue weighted by atomic mass is 19.4. The molecule has 1 unspecified atom stereocenters. The summed E-state index contributed by atoms with van der Waals surface area (Å²) >= 11 is 0. The third-order valence-corrected chi connectivity index (χ3v) is 4.36. The second-order valence-corrected chi connectivity index (χ2v) is 6.81. The Balaban J connectivity index is 2.37. The first-order chi connectivity index (χ1) is 13.7. The highest BCUT2D eigenvalue weighted by Crippen LogP contribution is 2.34. The van der Waals surface area contributed by atoms with Crippen LogP contribution in [0, 0.1) is 5.92 Å². The molecule has 0 aromatic heterocycles. The van der Waals surface area contributed by atoms with Crippen LogP contribution in [-0.4, -0.2) is 19.1 Å². The molecule has 7 heteroatoms. The topological polar surface area (TPSA) is 47.6 Å². The smallest absolute Gasteiger partial charge is 0.417 e. The zero-order chi connectivity index (χ0) is 21.6. The highest BCUT2D eigenvalue weighted by molar-refractivity contribution is 5.96. The highest BCUT2D eigenvalue weighted by Gasteiger charge is 2.35. The van der Waals surface area contributed by atoms with E-state index in [0.29, 0.717) is 24.7 Å². The van der Waals surface area contributed by atoms with E-state index in [2.05, 4.69) is 5.32 Å². The Labute approximate surface area is 169 Å². The Hall–Kier alpha value is -2.70. The molecule has 1 atom stereocenters. The molecule has 158 valence electrons. The Morgan fingerprint density at radius 2 is 1.62 bits per heavy atom. The monoisotopic (exact) mass is 409 g/mol. The van der Waals surface area contributed by atoms with Crippen LogP contribution < -0.4 is 14.8 Å². The van der Waals surface area contributed by atoms with Gasteiger partial charge in [-0.25, -0.2) is 0 Å². The lowest BCUT2D eigenvalue weighted by Crippen LogP contribution is -2.33. The lowest BCUT2D eigenvalue weighted by atomic mass is 9.94. The van der Waals surface area contributed by atoms with Gasteiger partial charge in [0.2, 0.25) is 0 Å². The van der Waals surface area contributed by atoms with Gasteiger partial charge in [0.25, 0.3) is 5.91 Å². The average molecular weight is 409 g/mol. The van der Waals surface area contributed by atoms with Gasteiger partial charge in [-0.1, -0.05) is 32.0 Å². The van der Waals surface area contributed by atoms with Gasteiger partial charge in [0.15, 0.2) is 11.5 Å². The number of rotatable bonds is 8. The Morgan fingerprint density at radius 1 is 1.00 bits per heavy atom. The molecule has 2 aromatic rings. The molecule has 1 amide bonds. The SMILES string of the molecule is CCOc1ccc(C(NC(=O)c2ccccc2C(F)(F)F)C(C)C)cc1OCC. The van der Waals surface area contributed by atoms with Crippen LogP contribution >= 0.6 is 0 Å². The van der Waals surface area contributed by atoms with Crippen molar-refractivity contribution in [2.45, 2.75) is 39.9 Å². The van der Waals surface area contributed by atoms with Crippen LogP contribution in [-0.2, 0) is 6.18 Å². The number of benzene rings is 2. The van der Waals surface area contributed by atoms with E-state index in [-0.39, 0.29) is 5.92 Å². The van der Waals surface area contributed by atoms with Gasteiger partial charge in [-0.05, 0) is 49.6 Å². The van der Waals surface area contributed by atoms with E-state index >= 15 is 0 Å². The van der Waals surface area contributed by atoms with Crippen LogP contribution in [0.5, 0.6) is 11.5 Å². The fourth-order valence-corrected chi connectivity index (χ4v) is 3.04. The lowest BCUT2D eigenvalue weighted by Gasteiger charge is -2.25. The normalized spacial score (nSPS) is 12.6. The zero-order valence-corrected chi connectivity index (χ0v) is 17.0. The van der Waals surface area contributed by atoms with Gasteiger partial charge in [0.1, 0.15) is 0 Å². The van der Waals surface area contributed by atoms with Crippen LogP contribution in [0.2, 0.25) is 0 Å². The molecule has 2 aromatic carbocycles. The maximum atomic E-state index is 13.3. The van der Waals surface area contributed by atoms with Gasteiger partial charge < -0.3 is 14.8 Å². The van der Waals surface area contributed by atoms with Crippen molar-refractivity contribution in [3.8, 4) is 11.5 Å². The van der Waals surface area contributed by atoms with Crippen molar-refractivity contribution in [3.63, 3.8) is 0 Å². The summed E-state index contributed by atoms with van der Waals surface area (Å²) in [7, 11) is 0. The molecule has 0 bridgehead atoms. The molecule has 0 aliphatic carbocycles. The van der Waals surface area contributed by atoms with Crippen LogP contribution in [0.3, 0.4) is 0 Å².